The number of carbonyl (C=O) groups excluding carboxylic acids is 1. The second-order valence-electron chi connectivity index (χ2n) is 7.60. The average molecular weight is 302 g/mol. The van der Waals surface area contributed by atoms with Gasteiger partial charge >= 0.3 is 6.09 Å². The van der Waals surface area contributed by atoms with Gasteiger partial charge in [0.2, 0.25) is 0 Å². The fraction of sp³-hybridized carbons (Fsp3) is 0.611. The summed E-state index contributed by atoms with van der Waals surface area (Å²) in [6, 6.07) is 8.41. The number of hydrogen-bond donors (Lipinski definition) is 2. The second-order valence-corrected chi connectivity index (χ2v) is 7.60. The Labute approximate surface area is 132 Å². The van der Waals surface area contributed by atoms with Crippen molar-refractivity contribution < 1.29 is 9.53 Å². The van der Waals surface area contributed by atoms with Crippen LogP contribution in [-0.4, -0.2) is 17.7 Å². The summed E-state index contributed by atoms with van der Waals surface area (Å²) in [5.41, 5.74) is 1.29. The van der Waals surface area contributed by atoms with Gasteiger partial charge in [0, 0.05) is 6.04 Å². The van der Waals surface area contributed by atoms with Crippen LogP contribution in [0.25, 0.3) is 0 Å². The van der Waals surface area contributed by atoms with Crippen LogP contribution in [0.1, 0.15) is 46.5 Å². The Morgan fingerprint density at radius 1 is 1.14 bits per heavy atom. The summed E-state index contributed by atoms with van der Waals surface area (Å²) in [6.07, 6.45) is 4.93. The van der Waals surface area contributed by atoms with Crippen molar-refractivity contribution in [2.24, 2.45) is 11.8 Å². The maximum absolute atomic E-state index is 12.0. The van der Waals surface area contributed by atoms with E-state index < -0.39 is 11.7 Å². The number of ether oxygens (including phenoxy) is 1. The molecule has 2 aliphatic carbocycles. The van der Waals surface area contributed by atoms with Gasteiger partial charge in [0.1, 0.15) is 5.60 Å². The molecule has 0 heterocycles. The van der Waals surface area contributed by atoms with Gasteiger partial charge in [-0.3, -0.25) is 5.32 Å². The van der Waals surface area contributed by atoms with Crippen molar-refractivity contribution in [1.82, 2.24) is 0 Å². The first kappa shape index (κ1) is 15.2. The van der Waals surface area contributed by atoms with Crippen LogP contribution in [0.4, 0.5) is 16.2 Å². The largest absolute Gasteiger partial charge is 0.444 e. The predicted octanol–water partition coefficient (Wildman–Crippen LogP) is 4.63. The van der Waals surface area contributed by atoms with E-state index in [4.69, 9.17) is 4.74 Å². The number of amides is 1. The zero-order valence-electron chi connectivity index (χ0n) is 13.7. The molecule has 1 aromatic carbocycles. The number of carbonyl (C=O) groups is 1. The molecule has 1 amide bonds. The number of fused-ring (bicyclic) bond motifs is 2. The van der Waals surface area contributed by atoms with Gasteiger partial charge in [0.05, 0.1) is 11.4 Å². The molecule has 22 heavy (non-hydrogen) atoms. The lowest BCUT2D eigenvalue weighted by molar-refractivity contribution is 0.0636. The van der Waals surface area contributed by atoms with E-state index in [0.29, 0.717) is 6.04 Å². The van der Waals surface area contributed by atoms with E-state index in [1.54, 1.807) is 0 Å². The van der Waals surface area contributed by atoms with E-state index in [1.165, 1.54) is 25.7 Å². The number of rotatable bonds is 3. The van der Waals surface area contributed by atoms with E-state index in [1.807, 2.05) is 45.0 Å². The molecule has 4 nitrogen and oxygen atoms in total. The SMILES string of the molecule is CC(C)(C)OC(=O)Nc1ccccc1NC1CC2CCC1C2. The molecule has 0 aromatic heterocycles. The van der Waals surface area contributed by atoms with Crippen molar-refractivity contribution in [3.63, 3.8) is 0 Å². The zero-order valence-corrected chi connectivity index (χ0v) is 13.7. The third kappa shape index (κ3) is 3.54. The molecule has 2 saturated carbocycles. The molecular weight excluding hydrogens is 276 g/mol. The Balaban J connectivity index is 1.66. The Bertz CT molecular complexity index is 550. The molecule has 0 saturated heterocycles. The first-order valence-electron chi connectivity index (χ1n) is 8.26. The Morgan fingerprint density at radius 3 is 2.45 bits per heavy atom. The van der Waals surface area contributed by atoms with Crippen LogP contribution >= 0.6 is 0 Å². The molecular formula is C18H26N2O2. The van der Waals surface area contributed by atoms with Crippen LogP contribution in [0.2, 0.25) is 0 Å². The molecule has 120 valence electrons. The molecule has 0 spiro atoms. The maximum atomic E-state index is 12.0. The highest BCUT2D eigenvalue weighted by atomic mass is 16.6. The highest BCUT2D eigenvalue weighted by Gasteiger charge is 2.39. The van der Waals surface area contributed by atoms with Gasteiger partial charge in [0.15, 0.2) is 0 Å². The van der Waals surface area contributed by atoms with E-state index in [-0.39, 0.29) is 0 Å². The Morgan fingerprint density at radius 2 is 1.86 bits per heavy atom. The summed E-state index contributed by atoms with van der Waals surface area (Å²) in [5, 5.41) is 6.50. The highest BCUT2D eigenvalue weighted by molar-refractivity contribution is 5.89. The van der Waals surface area contributed by atoms with Crippen molar-refractivity contribution in [3.05, 3.63) is 24.3 Å². The van der Waals surface area contributed by atoms with Gasteiger partial charge in [-0.2, -0.15) is 0 Å². The Kier molecular flexibility index (Phi) is 4.02. The molecule has 1 aromatic rings. The van der Waals surface area contributed by atoms with E-state index in [2.05, 4.69) is 10.6 Å². The maximum Gasteiger partial charge on any atom is 0.412 e. The first-order valence-corrected chi connectivity index (χ1v) is 8.26. The summed E-state index contributed by atoms with van der Waals surface area (Å²) in [7, 11) is 0. The van der Waals surface area contributed by atoms with Crippen LogP contribution in [0, 0.1) is 11.8 Å². The van der Waals surface area contributed by atoms with Gasteiger partial charge in [-0.05, 0) is 64.0 Å². The standard InChI is InChI=1S/C18H26N2O2/c1-18(2,3)22-17(21)20-15-7-5-4-6-14(15)19-16-11-12-8-9-13(16)10-12/h4-7,12-13,16,19H,8-11H2,1-3H3,(H,20,21). The minimum atomic E-state index is -0.489. The average Bonchev–Trinajstić information content (AvgIpc) is 3.01. The van der Waals surface area contributed by atoms with Gasteiger partial charge in [-0.1, -0.05) is 18.6 Å². The fourth-order valence-corrected chi connectivity index (χ4v) is 3.75. The minimum Gasteiger partial charge on any atom is -0.444 e. The fourth-order valence-electron chi connectivity index (χ4n) is 3.75. The third-order valence-corrected chi connectivity index (χ3v) is 4.64. The summed E-state index contributed by atoms with van der Waals surface area (Å²) < 4.78 is 5.34. The molecule has 0 radical (unpaired) electrons. The van der Waals surface area contributed by atoms with Crippen LogP contribution in [0.3, 0.4) is 0 Å². The highest BCUT2D eigenvalue weighted by Crippen LogP contribution is 2.46. The van der Waals surface area contributed by atoms with Crippen LogP contribution in [-0.2, 0) is 4.74 Å². The summed E-state index contributed by atoms with van der Waals surface area (Å²) in [5.74, 6) is 1.69. The lowest BCUT2D eigenvalue weighted by atomic mass is 9.95. The number of benzene rings is 1. The summed E-state index contributed by atoms with van der Waals surface area (Å²) in [4.78, 5) is 12.0. The van der Waals surface area contributed by atoms with Crippen LogP contribution in [0.5, 0.6) is 0 Å². The van der Waals surface area contributed by atoms with Gasteiger partial charge in [-0.25, -0.2) is 4.79 Å². The van der Waals surface area contributed by atoms with E-state index >= 15 is 0 Å². The molecule has 4 heteroatoms. The van der Waals surface area contributed by atoms with E-state index in [0.717, 1.165) is 23.2 Å². The normalized spacial score (nSPS) is 26.8. The van der Waals surface area contributed by atoms with Crippen molar-refractivity contribution in [2.45, 2.75) is 58.1 Å². The lowest BCUT2D eigenvalue weighted by Crippen LogP contribution is -2.29. The molecule has 0 aliphatic heterocycles. The van der Waals surface area contributed by atoms with Crippen molar-refractivity contribution in [2.75, 3.05) is 10.6 Å². The molecule has 2 fully saturated rings. The molecule has 3 atom stereocenters. The number of nitrogens with one attached hydrogen (secondary N) is 2. The van der Waals surface area contributed by atoms with Gasteiger partial charge < -0.3 is 10.1 Å². The van der Waals surface area contributed by atoms with Crippen molar-refractivity contribution in [3.8, 4) is 0 Å². The molecule has 3 rings (SSSR count). The first-order chi connectivity index (χ1) is 10.4. The van der Waals surface area contributed by atoms with Gasteiger partial charge in [0.25, 0.3) is 0 Å². The molecule has 2 bridgehead atoms. The predicted molar refractivity (Wildman–Crippen MR) is 89.2 cm³/mol. The monoisotopic (exact) mass is 302 g/mol. The van der Waals surface area contributed by atoms with Crippen LogP contribution < -0.4 is 10.6 Å². The van der Waals surface area contributed by atoms with Crippen molar-refractivity contribution in [1.29, 1.82) is 0 Å². The lowest BCUT2D eigenvalue weighted by Gasteiger charge is -2.26. The van der Waals surface area contributed by atoms with Crippen LogP contribution in [0.15, 0.2) is 24.3 Å². The van der Waals surface area contributed by atoms with E-state index in [9.17, 15) is 4.79 Å². The van der Waals surface area contributed by atoms with Gasteiger partial charge in [-0.15, -0.1) is 0 Å². The molecule has 3 unspecified atom stereocenters. The number of anilines is 2. The molecule has 2 aliphatic rings. The smallest absolute Gasteiger partial charge is 0.412 e. The number of para-hydroxylation sites is 2. The zero-order chi connectivity index (χ0) is 15.7. The topological polar surface area (TPSA) is 50.4 Å². The number of hydrogen-bond acceptors (Lipinski definition) is 3. The third-order valence-electron chi connectivity index (χ3n) is 4.64. The van der Waals surface area contributed by atoms with Crippen molar-refractivity contribution >= 4 is 17.5 Å². The Hall–Kier alpha value is -1.71. The summed E-state index contributed by atoms with van der Waals surface area (Å²) in [6.45, 7) is 5.60. The minimum absolute atomic E-state index is 0.408. The second kappa shape index (κ2) is 5.82. The molecule has 2 N–H and O–H groups in total. The quantitative estimate of drug-likeness (QED) is 0.855. The summed E-state index contributed by atoms with van der Waals surface area (Å²) >= 11 is 0.